The van der Waals surface area contributed by atoms with Crippen molar-refractivity contribution < 1.29 is 18.8 Å². The van der Waals surface area contributed by atoms with Crippen LogP contribution in [0.15, 0.2) is 65.1 Å². The van der Waals surface area contributed by atoms with Crippen molar-refractivity contribution in [2.75, 3.05) is 5.32 Å². The summed E-state index contributed by atoms with van der Waals surface area (Å²) in [4.78, 5) is 34.4. The predicted octanol–water partition coefficient (Wildman–Crippen LogP) is 3.57. The molecular weight excluding hydrogens is 358 g/mol. The van der Waals surface area contributed by atoms with Gasteiger partial charge in [0.2, 0.25) is 0 Å². The van der Waals surface area contributed by atoms with Crippen molar-refractivity contribution in [2.24, 2.45) is 5.73 Å². The molecule has 0 bridgehead atoms. The fraction of sp³-hybridized carbons (Fsp3) is 0.0952. The first-order chi connectivity index (χ1) is 13.4. The summed E-state index contributed by atoms with van der Waals surface area (Å²) in [5.74, 6) is 0.384. The van der Waals surface area contributed by atoms with Crippen molar-refractivity contribution in [3.8, 4) is 11.3 Å². The van der Waals surface area contributed by atoms with Crippen LogP contribution in [0.1, 0.15) is 33.4 Å². The number of furan rings is 1. The first-order valence-electron chi connectivity index (χ1n) is 8.57. The van der Waals surface area contributed by atoms with Gasteiger partial charge in [0, 0.05) is 23.4 Å². The van der Waals surface area contributed by atoms with Crippen LogP contribution in [0.2, 0.25) is 0 Å². The Hall–Kier alpha value is -3.87. The molecule has 0 saturated carbocycles. The maximum absolute atomic E-state index is 12.3. The predicted molar refractivity (Wildman–Crippen MR) is 105 cm³/mol. The molecule has 2 aromatic carbocycles. The van der Waals surface area contributed by atoms with E-state index >= 15 is 0 Å². The average Bonchev–Trinajstić information content (AvgIpc) is 3.17. The quantitative estimate of drug-likeness (QED) is 0.570. The number of urea groups is 1. The first-order valence-corrected chi connectivity index (χ1v) is 8.57. The van der Waals surface area contributed by atoms with Gasteiger partial charge in [-0.3, -0.25) is 9.59 Å². The Balaban J connectivity index is 1.61. The number of amides is 3. The Bertz CT molecular complexity index is 1000. The minimum Gasteiger partial charge on any atom is -0.451 e. The number of carbonyl (C=O) groups is 3. The molecule has 0 unspecified atom stereocenters. The summed E-state index contributed by atoms with van der Waals surface area (Å²) >= 11 is 0. The van der Waals surface area contributed by atoms with E-state index in [4.69, 9.17) is 10.2 Å². The van der Waals surface area contributed by atoms with Crippen molar-refractivity contribution in [1.29, 1.82) is 0 Å². The zero-order valence-electron chi connectivity index (χ0n) is 15.2. The third-order valence-electron chi connectivity index (χ3n) is 4.08. The molecule has 3 amide bonds. The van der Waals surface area contributed by atoms with E-state index in [0.29, 0.717) is 23.6 Å². The Morgan fingerprint density at radius 3 is 2.21 bits per heavy atom. The third-order valence-corrected chi connectivity index (χ3v) is 4.08. The van der Waals surface area contributed by atoms with Crippen LogP contribution in [-0.2, 0) is 6.54 Å². The number of hydrogen-bond acceptors (Lipinski definition) is 4. The van der Waals surface area contributed by atoms with Gasteiger partial charge < -0.3 is 20.8 Å². The lowest BCUT2D eigenvalue weighted by Gasteiger charge is -2.06. The Kier molecular flexibility index (Phi) is 5.55. The SMILES string of the molecule is CC(=O)c1ccc(-c2ccc(C(=O)NCc3ccc(NC(N)=O)cc3)o2)cc1. The highest BCUT2D eigenvalue weighted by Gasteiger charge is 2.12. The number of nitrogens with one attached hydrogen (secondary N) is 2. The summed E-state index contributed by atoms with van der Waals surface area (Å²) in [5.41, 5.74) is 7.89. The molecule has 0 aliphatic carbocycles. The third kappa shape index (κ3) is 4.64. The van der Waals surface area contributed by atoms with E-state index in [-0.39, 0.29) is 17.5 Å². The topological polar surface area (TPSA) is 114 Å². The maximum Gasteiger partial charge on any atom is 0.316 e. The molecule has 28 heavy (non-hydrogen) atoms. The molecule has 142 valence electrons. The first kappa shape index (κ1) is 18.9. The maximum atomic E-state index is 12.3. The molecule has 3 rings (SSSR count). The van der Waals surface area contributed by atoms with Crippen molar-refractivity contribution in [3.05, 3.63) is 77.6 Å². The Morgan fingerprint density at radius 2 is 1.61 bits per heavy atom. The molecule has 1 heterocycles. The number of ketones is 1. The molecule has 0 atom stereocenters. The highest BCUT2D eigenvalue weighted by molar-refractivity contribution is 5.94. The monoisotopic (exact) mass is 377 g/mol. The van der Waals surface area contributed by atoms with Crippen LogP contribution in [0.25, 0.3) is 11.3 Å². The summed E-state index contributed by atoms with van der Waals surface area (Å²) in [5, 5.41) is 5.24. The van der Waals surface area contributed by atoms with E-state index in [1.807, 2.05) is 0 Å². The fourth-order valence-electron chi connectivity index (χ4n) is 2.60. The molecule has 0 fully saturated rings. The number of anilines is 1. The fourth-order valence-corrected chi connectivity index (χ4v) is 2.60. The van der Waals surface area contributed by atoms with Gasteiger partial charge in [-0.05, 0) is 36.8 Å². The van der Waals surface area contributed by atoms with Gasteiger partial charge in [0.25, 0.3) is 5.91 Å². The van der Waals surface area contributed by atoms with E-state index in [0.717, 1.165) is 11.1 Å². The summed E-state index contributed by atoms with van der Waals surface area (Å²) in [6, 6.07) is 16.6. The molecule has 0 radical (unpaired) electrons. The lowest BCUT2D eigenvalue weighted by molar-refractivity contribution is 0.0923. The minimum atomic E-state index is -0.634. The number of hydrogen-bond donors (Lipinski definition) is 3. The van der Waals surface area contributed by atoms with Crippen molar-refractivity contribution in [3.63, 3.8) is 0 Å². The van der Waals surface area contributed by atoms with Crippen molar-refractivity contribution in [2.45, 2.75) is 13.5 Å². The number of benzene rings is 2. The summed E-state index contributed by atoms with van der Waals surface area (Å²) in [6.07, 6.45) is 0. The normalized spacial score (nSPS) is 10.3. The average molecular weight is 377 g/mol. The zero-order chi connectivity index (χ0) is 20.1. The van der Waals surface area contributed by atoms with Crippen LogP contribution in [0, 0.1) is 0 Å². The molecule has 0 spiro atoms. The molecule has 4 N–H and O–H groups in total. The van der Waals surface area contributed by atoms with Crippen molar-refractivity contribution >= 4 is 23.4 Å². The highest BCUT2D eigenvalue weighted by atomic mass is 16.3. The summed E-state index contributed by atoms with van der Waals surface area (Å²) in [7, 11) is 0. The van der Waals surface area contributed by atoms with Crippen LogP contribution < -0.4 is 16.4 Å². The van der Waals surface area contributed by atoms with Gasteiger partial charge >= 0.3 is 6.03 Å². The van der Waals surface area contributed by atoms with Crippen LogP contribution in [0.4, 0.5) is 10.5 Å². The second-order valence-corrected chi connectivity index (χ2v) is 6.17. The van der Waals surface area contributed by atoms with Crippen LogP contribution in [0.3, 0.4) is 0 Å². The van der Waals surface area contributed by atoms with Gasteiger partial charge in [-0.2, -0.15) is 0 Å². The number of carbonyl (C=O) groups excluding carboxylic acids is 3. The number of rotatable bonds is 6. The van der Waals surface area contributed by atoms with Gasteiger partial charge in [0.1, 0.15) is 5.76 Å². The molecule has 1 aromatic heterocycles. The lowest BCUT2D eigenvalue weighted by Crippen LogP contribution is -2.22. The zero-order valence-corrected chi connectivity index (χ0v) is 15.2. The minimum absolute atomic E-state index is 0.00972. The van der Waals surface area contributed by atoms with E-state index in [1.54, 1.807) is 60.7 Å². The number of Topliss-reactive ketones (excluding diaryl/α,β-unsaturated/α-hetero) is 1. The number of primary amides is 1. The van der Waals surface area contributed by atoms with Crippen LogP contribution in [-0.4, -0.2) is 17.7 Å². The van der Waals surface area contributed by atoms with Gasteiger partial charge in [0.05, 0.1) is 0 Å². The molecular formula is C21H19N3O4. The number of nitrogens with two attached hydrogens (primary N) is 1. The molecule has 3 aromatic rings. The van der Waals surface area contributed by atoms with E-state index in [2.05, 4.69) is 10.6 Å². The standard InChI is InChI=1S/C21H19N3O4/c1-13(25)15-4-6-16(7-5-15)18-10-11-19(28-18)20(26)23-12-14-2-8-17(9-3-14)24-21(22)27/h2-11H,12H2,1H3,(H,23,26)(H3,22,24,27). The van der Waals surface area contributed by atoms with Crippen molar-refractivity contribution in [1.82, 2.24) is 5.32 Å². The van der Waals surface area contributed by atoms with E-state index in [1.165, 1.54) is 6.92 Å². The van der Waals surface area contributed by atoms with Gasteiger partial charge in [-0.1, -0.05) is 36.4 Å². The summed E-state index contributed by atoms with van der Waals surface area (Å²) < 4.78 is 5.62. The van der Waals surface area contributed by atoms with Gasteiger partial charge in [0.15, 0.2) is 11.5 Å². The molecule has 0 aliphatic rings. The van der Waals surface area contributed by atoms with E-state index in [9.17, 15) is 14.4 Å². The molecule has 0 saturated heterocycles. The van der Waals surface area contributed by atoms with Crippen LogP contribution >= 0.6 is 0 Å². The smallest absolute Gasteiger partial charge is 0.316 e. The van der Waals surface area contributed by atoms with E-state index < -0.39 is 6.03 Å². The lowest BCUT2D eigenvalue weighted by atomic mass is 10.1. The largest absolute Gasteiger partial charge is 0.451 e. The Labute approximate surface area is 161 Å². The Morgan fingerprint density at radius 1 is 0.929 bits per heavy atom. The summed E-state index contributed by atoms with van der Waals surface area (Å²) in [6.45, 7) is 1.81. The second kappa shape index (κ2) is 8.22. The molecule has 0 aliphatic heterocycles. The van der Waals surface area contributed by atoms with Gasteiger partial charge in [-0.15, -0.1) is 0 Å². The van der Waals surface area contributed by atoms with Gasteiger partial charge in [-0.25, -0.2) is 4.79 Å². The molecule has 7 heteroatoms. The molecule has 7 nitrogen and oxygen atoms in total. The highest BCUT2D eigenvalue weighted by Crippen LogP contribution is 2.23. The second-order valence-electron chi connectivity index (χ2n) is 6.17. The van der Waals surface area contributed by atoms with Crippen LogP contribution in [0.5, 0.6) is 0 Å².